The van der Waals surface area contributed by atoms with Crippen molar-refractivity contribution < 1.29 is 4.57 Å². The number of nitrogens with zero attached hydrogens (tertiary/aromatic N) is 4. The number of benzene rings is 1. The van der Waals surface area contributed by atoms with Gasteiger partial charge in [0.1, 0.15) is 5.69 Å². The minimum atomic E-state index is -0.000863. The Labute approximate surface area is 151 Å². The highest BCUT2D eigenvalue weighted by molar-refractivity contribution is 7.16. The summed E-state index contributed by atoms with van der Waals surface area (Å²) in [5.74, 6) is 0. The number of aryl methyl sites for hydroxylation is 3. The zero-order chi connectivity index (χ0) is 18.0. The number of rotatable bonds is 5. The van der Waals surface area contributed by atoms with E-state index in [9.17, 15) is 4.79 Å². The average Bonchev–Trinajstić information content (AvgIpc) is 3.04. The molecular weight excluding hydrogens is 332 g/mol. The van der Waals surface area contributed by atoms with E-state index in [4.69, 9.17) is 4.98 Å². The third-order valence-electron chi connectivity index (χ3n) is 4.23. The summed E-state index contributed by atoms with van der Waals surface area (Å²) in [6.07, 6.45) is 3.49. The van der Waals surface area contributed by atoms with Gasteiger partial charge in [-0.2, -0.15) is 9.36 Å². The molecule has 0 saturated heterocycles. The van der Waals surface area contributed by atoms with Crippen molar-refractivity contribution in [3.8, 4) is 11.3 Å². The molecule has 0 amide bonds. The minimum Gasteiger partial charge on any atom is -0.354 e. The number of hydrogen-bond donors (Lipinski definition) is 0. The first-order chi connectivity index (χ1) is 12.0. The first-order valence-corrected chi connectivity index (χ1v) is 9.06. The summed E-state index contributed by atoms with van der Waals surface area (Å²) >= 11 is 1.72. The average molecular weight is 355 g/mol. The van der Waals surface area contributed by atoms with Crippen molar-refractivity contribution in [2.45, 2.75) is 12.8 Å². The molecular formula is C19H23N4OS+. The molecule has 0 bridgehead atoms. The third-order valence-corrected chi connectivity index (χ3v) is 5.52. The summed E-state index contributed by atoms with van der Waals surface area (Å²) < 4.78 is 3.31. The van der Waals surface area contributed by atoms with E-state index in [-0.39, 0.29) is 5.69 Å². The lowest BCUT2D eigenvalue weighted by molar-refractivity contribution is -0.691. The van der Waals surface area contributed by atoms with Gasteiger partial charge in [-0.1, -0.05) is 30.3 Å². The number of thiazole rings is 1. The van der Waals surface area contributed by atoms with Crippen LogP contribution in [0.25, 0.3) is 11.3 Å². The van der Waals surface area contributed by atoms with Crippen molar-refractivity contribution in [2.75, 3.05) is 19.0 Å². The predicted molar refractivity (Wildman–Crippen MR) is 102 cm³/mol. The second kappa shape index (κ2) is 7.19. The van der Waals surface area contributed by atoms with Gasteiger partial charge in [-0.25, -0.2) is 9.55 Å². The van der Waals surface area contributed by atoms with Gasteiger partial charge in [-0.05, 0) is 6.42 Å². The standard InChI is InChI=1S/C19H23N4OS/c1-21(2)18-20-17(14-8-6-5-7-9-14)16(25-18)11-10-15-12-13-22(3)19(24)23(15)4/h5-9,12-13H,10-11H2,1-4H3/q+1. The molecule has 130 valence electrons. The Morgan fingerprint density at radius 2 is 1.88 bits per heavy atom. The van der Waals surface area contributed by atoms with Gasteiger partial charge in [0.15, 0.2) is 5.13 Å². The molecule has 0 aliphatic heterocycles. The maximum absolute atomic E-state index is 12.1. The summed E-state index contributed by atoms with van der Waals surface area (Å²) in [6.45, 7) is 0. The van der Waals surface area contributed by atoms with Gasteiger partial charge < -0.3 is 4.90 Å². The van der Waals surface area contributed by atoms with Crippen LogP contribution in [-0.4, -0.2) is 23.6 Å². The van der Waals surface area contributed by atoms with Gasteiger partial charge in [0.05, 0.1) is 26.0 Å². The Morgan fingerprint density at radius 1 is 1.16 bits per heavy atom. The maximum Gasteiger partial charge on any atom is 0.497 e. The molecule has 5 nitrogen and oxygen atoms in total. The van der Waals surface area contributed by atoms with Crippen LogP contribution in [0, 0.1) is 0 Å². The maximum atomic E-state index is 12.1. The number of hydrogen-bond acceptors (Lipinski definition) is 4. The zero-order valence-electron chi connectivity index (χ0n) is 15.1. The second-order valence-corrected chi connectivity index (χ2v) is 7.35. The molecule has 3 aromatic rings. The Bertz CT molecular complexity index is 928. The van der Waals surface area contributed by atoms with Gasteiger partial charge in [0.25, 0.3) is 0 Å². The van der Waals surface area contributed by atoms with Gasteiger partial charge in [-0.3, -0.25) is 0 Å². The normalized spacial score (nSPS) is 10.9. The summed E-state index contributed by atoms with van der Waals surface area (Å²) in [4.78, 5) is 20.2. The highest BCUT2D eigenvalue weighted by atomic mass is 32.1. The van der Waals surface area contributed by atoms with Crippen LogP contribution < -0.4 is 15.2 Å². The van der Waals surface area contributed by atoms with Crippen LogP contribution in [0.15, 0.2) is 47.4 Å². The van der Waals surface area contributed by atoms with Crippen molar-refractivity contribution in [1.82, 2.24) is 9.55 Å². The number of aromatic nitrogens is 3. The van der Waals surface area contributed by atoms with Crippen LogP contribution >= 0.6 is 11.3 Å². The van der Waals surface area contributed by atoms with Crippen molar-refractivity contribution in [3.63, 3.8) is 0 Å². The van der Waals surface area contributed by atoms with E-state index in [0.29, 0.717) is 0 Å². The van der Waals surface area contributed by atoms with Crippen LogP contribution in [0.1, 0.15) is 10.6 Å². The van der Waals surface area contributed by atoms with E-state index < -0.39 is 0 Å². The topological polar surface area (TPSA) is 42.0 Å². The Kier molecular flexibility index (Phi) is 4.99. The number of anilines is 1. The Balaban J connectivity index is 1.92. The molecule has 0 aliphatic rings. The highest BCUT2D eigenvalue weighted by Gasteiger charge is 2.16. The van der Waals surface area contributed by atoms with Crippen molar-refractivity contribution in [2.24, 2.45) is 14.1 Å². The van der Waals surface area contributed by atoms with Crippen LogP contribution in [0.5, 0.6) is 0 Å². The first kappa shape index (κ1) is 17.4. The summed E-state index contributed by atoms with van der Waals surface area (Å²) in [5, 5.41) is 1.00. The molecule has 0 spiro atoms. The molecule has 0 N–H and O–H groups in total. The smallest absolute Gasteiger partial charge is 0.354 e. The fourth-order valence-electron chi connectivity index (χ4n) is 2.75. The SMILES string of the molecule is CN(C)c1nc(-c2ccccc2)c(CCc2cc[n+](C)c(=O)n2C)s1. The van der Waals surface area contributed by atoms with E-state index in [0.717, 1.165) is 34.9 Å². The lowest BCUT2D eigenvalue weighted by Crippen LogP contribution is -2.51. The molecule has 25 heavy (non-hydrogen) atoms. The molecule has 0 radical (unpaired) electrons. The van der Waals surface area contributed by atoms with Gasteiger partial charge >= 0.3 is 5.69 Å². The van der Waals surface area contributed by atoms with Crippen LogP contribution in [-0.2, 0) is 26.9 Å². The van der Waals surface area contributed by atoms with E-state index in [2.05, 4.69) is 12.1 Å². The molecule has 2 heterocycles. The summed E-state index contributed by atoms with van der Waals surface area (Å²) in [7, 11) is 7.62. The third kappa shape index (κ3) is 3.64. The lowest BCUT2D eigenvalue weighted by Gasteiger charge is -2.05. The Morgan fingerprint density at radius 3 is 2.56 bits per heavy atom. The molecule has 0 unspecified atom stereocenters. The lowest BCUT2D eigenvalue weighted by atomic mass is 10.1. The second-order valence-electron chi connectivity index (χ2n) is 6.29. The zero-order valence-corrected chi connectivity index (χ0v) is 15.9. The van der Waals surface area contributed by atoms with Crippen molar-refractivity contribution in [3.05, 3.63) is 63.7 Å². The summed E-state index contributed by atoms with van der Waals surface area (Å²) in [6, 6.07) is 12.3. The molecule has 0 fully saturated rings. The predicted octanol–water partition coefficient (Wildman–Crippen LogP) is 2.18. The molecule has 6 heteroatoms. The van der Waals surface area contributed by atoms with E-state index in [1.807, 2.05) is 56.5 Å². The molecule has 2 aromatic heterocycles. The fourth-order valence-corrected chi connectivity index (χ4v) is 3.75. The summed E-state index contributed by atoms with van der Waals surface area (Å²) in [5.41, 5.74) is 3.21. The Hall–Kier alpha value is -2.47. The van der Waals surface area contributed by atoms with Gasteiger partial charge in [-0.15, -0.1) is 11.3 Å². The van der Waals surface area contributed by atoms with E-state index in [1.54, 1.807) is 27.5 Å². The van der Waals surface area contributed by atoms with E-state index >= 15 is 0 Å². The monoisotopic (exact) mass is 355 g/mol. The highest BCUT2D eigenvalue weighted by Crippen LogP contribution is 2.33. The minimum absolute atomic E-state index is 0.000863. The van der Waals surface area contributed by atoms with Crippen molar-refractivity contribution in [1.29, 1.82) is 0 Å². The van der Waals surface area contributed by atoms with Gasteiger partial charge in [0, 0.05) is 37.0 Å². The quantitative estimate of drug-likeness (QED) is 0.659. The molecule has 1 aromatic carbocycles. The van der Waals surface area contributed by atoms with E-state index in [1.165, 1.54) is 4.88 Å². The van der Waals surface area contributed by atoms with Crippen molar-refractivity contribution >= 4 is 16.5 Å². The first-order valence-electron chi connectivity index (χ1n) is 8.24. The molecule has 0 saturated carbocycles. The van der Waals surface area contributed by atoms with Gasteiger partial charge in [0.2, 0.25) is 0 Å². The van der Waals surface area contributed by atoms with Crippen LogP contribution in [0.4, 0.5) is 5.13 Å². The fraction of sp³-hybridized carbons (Fsp3) is 0.316. The molecule has 0 aliphatic carbocycles. The molecule has 0 atom stereocenters. The van der Waals surface area contributed by atoms with Crippen LogP contribution in [0.2, 0.25) is 0 Å². The largest absolute Gasteiger partial charge is 0.497 e. The molecule has 3 rings (SSSR count). The van der Waals surface area contributed by atoms with Crippen LogP contribution in [0.3, 0.4) is 0 Å².